The molecule has 0 atom stereocenters. The monoisotopic (exact) mass is 269 g/mol. The van der Waals surface area contributed by atoms with Gasteiger partial charge < -0.3 is 10.4 Å². The van der Waals surface area contributed by atoms with Crippen molar-refractivity contribution in [1.82, 2.24) is 0 Å². The molecule has 0 spiro atoms. The van der Waals surface area contributed by atoms with Crippen LogP contribution >= 0.6 is 0 Å². The summed E-state index contributed by atoms with van der Waals surface area (Å²) in [5, 5.41) is 13.3. The van der Waals surface area contributed by atoms with E-state index in [0.29, 0.717) is 12.2 Å². The maximum Gasteiger partial charge on any atom is 0.177 e. The second kappa shape index (κ2) is 4.90. The molecule has 1 aliphatic rings. The van der Waals surface area contributed by atoms with Crippen molar-refractivity contribution in [3.8, 4) is 0 Å². The molecule has 0 radical (unpaired) electrons. The maximum absolute atomic E-state index is 11.6. The predicted octanol–water partition coefficient (Wildman–Crippen LogP) is 1.81. The van der Waals surface area contributed by atoms with Crippen LogP contribution in [0.4, 0.5) is 5.69 Å². The topological polar surface area (TPSA) is 66.4 Å². The molecule has 0 bridgehead atoms. The summed E-state index contributed by atoms with van der Waals surface area (Å²) in [6.45, 7) is 0.402. The van der Waals surface area contributed by atoms with E-state index in [-0.39, 0.29) is 4.90 Å². The van der Waals surface area contributed by atoms with E-state index in [1.807, 2.05) is 0 Å². The van der Waals surface area contributed by atoms with Gasteiger partial charge in [0, 0.05) is 12.8 Å². The smallest absolute Gasteiger partial charge is 0.177 e. The van der Waals surface area contributed by atoms with Crippen LogP contribution in [-0.4, -0.2) is 31.9 Å². The van der Waals surface area contributed by atoms with E-state index in [9.17, 15) is 13.5 Å². The van der Waals surface area contributed by atoms with Gasteiger partial charge in [-0.05, 0) is 25.0 Å². The molecule has 1 saturated carbocycles. The van der Waals surface area contributed by atoms with Crippen molar-refractivity contribution in [1.29, 1.82) is 0 Å². The van der Waals surface area contributed by atoms with Crippen LogP contribution in [0, 0.1) is 0 Å². The standard InChI is InChI=1S/C13H19NO3S/c1-18(16,17)12-7-3-2-6-11(12)14-10-13(15)8-4-5-9-13/h2-3,6-7,14-15H,4-5,8-10H2,1H3. The van der Waals surface area contributed by atoms with Crippen molar-refractivity contribution in [2.75, 3.05) is 18.1 Å². The van der Waals surface area contributed by atoms with Crippen LogP contribution in [0.2, 0.25) is 0 Å². The zero-order valence-electron chi connectivity index (χ0n) is 10.5. The minimum atomic E-state index is -3.24. The lowest BCUT2D eigenvalue weighted by Gasteiger charge is -2.23. The average Bonchev–Trinajstić information content (AvgIpc) is 2.73. The number of hydrogen-bond donors (Lipinski definition) is 2. The molecule has 2 N–H and O–H groups in total. The van der Waals surface area contributed by atoms with Crippen LogP contribution in [-0.2, 0) is 9.84 Å². The number of anilines is 1. The molecule has 0 heterocycles. The van der Waals surface area contributed by atoms with Gasteiger partial charge in [-0.2, -0.15) is 0 Å². The Morgan fingerprint density at radius 3 is 2.50 bits per heavy atom. The van der Waals surface area contributed by atoms with Gasteiger partial charge in [0.1, 0.15) is 0 Å². The zero-order valence-corrected chi connectivity index (χ0v) is 11.3. The van der Waals surface area contributed by atoms with Crippen LogP contribution in [0.1, 0.15) is 25.7 Å². The van der Waals surface area contributed by atoms with Gasteiger partial charge >= 0.3 is 0 Å². The number of rotatable bonds is 4. The first-order valence-corrected chi connectivity index (χ1v) is 8.05. The fraction of sp³-hybridized carbons (Fsp3) is 0.538. The van der Waals surface area contributed by atoms with Gasteiger partial charge in [-0.15, -0.1) is 0 Å². The lowest BCUT2D eigenvalue weighted by atomic mass is 10.0. The van der Waals surface area contributed by atoms with Crippen LogP contribution < -0.4 is 5.32 Å². The SMILES string of the molecule is CS(=O)(=O)c1ccccc1NCC1(O)CCCC1. The number of hydrogen-bond acceptors (Lipinski definition) is 4. The number of para-hydroxylation sites is 1. The molecule has 4 nitrogen and oxygen atoms in total. The van der Waals surface area contributed by atoms with E-state index in [4.69, 9.17) is 0 Å². The molecule has 0 aromatic heterocycles. The Hall–Kier alpha value is -1.07. The highest BCUT2D eigenvalue weighted by atomic mass is 32.2. The van der Waals surface area contributed by atoms with E-state index < -0.39 is 15.4 Å². The lowest BCUT2D eigenvalue weighted by molar-refractivity contribution is 0.0614. The highest BCUT2D eigenvalue weighted by Crippen LogP contribution is 2.30. The molecule has 1 aromatic carbocycles. The Labute approximate surface area is 108 Å². The van der Waals surface area contributed by atoms with Gasteiger partial charge in [0.25, 0.3) is 0 Å². The maximum atomic E-state index is 11.6. The van der Waals surface area contributed by atoms with E-state index in [0.717, 1.165) is 25.7 Å². The van der Waals surface area contributed by atoms with Gasteiger partial charge in [-0.3, -0.25) is 0 Å². The second-order valence-corrected chi connectivity index (χ2v) is 7.04. The Morgan fingerprint density at radius 1 is 1.28 bits per heavy atom. The number of aliphatic hydroxyl groups is 1. The van der Waals surface area contributed by atoms with Gasteiger partial charge in [0.15, 0.2) is 9.84 Å². The summed E-state index contributed by atoms with van der Waals surface area (Å²) >= 11 is 0. The summed E-state index contributed by atoms with van der Waals surface area (Å²) in [7, 11) is -3.24. The molecule has 0 unspecified atom stereocenters. The van der Waals surface area contributed by atoms with Gasteiger partial charge in [0.2, 0.25) is 0 Å². The molecule has 0 saturated heterocycles. The number of benzene rings is 1. The molecular weight excluding hydrogens is 250 g/mol. The summed E-state index contributed by atoms with van der Waals surface area (Å²) < 4.78 is 23.3. The summed E-state index contributed by atoms with van der Waals surface area (Å²) in [6.07, 6.45) is 4.82. The van der Waals surface area contributed by atoms with Crippen molar-refractivity contribution in [3.63, 3.8) is 0 Å². The second-order valence-electron chi connectivity index (χ2n) is 5.05. The van der Waals surface area contributed by atoms with E-state index >= 15 is 0 Å². The first-order valence-electron chi connectivity index (χ1n) is 6.16. The van der Waals surface area contributed by atoms with Gasteiger partial charge in [-0.1, -0.05) is 25.0 Å². The Kier molecular flexibility index (Phi) is 3.64. The third-order valence-electron chi connectivity index (χ3n) is 3.43. The quantitative estimate of drug-likeness (QED) is 0.875. The Bertz CT molecular complexity index is 519. The summed E-state index contributed by atoms with van der Waals surface area (Å²) in [5.74, 6) is 0. The molecule has 1 aliphatic carbocycles. The number of sulfone groups is 1. The van der Waals surface area contributed by atoms with Crippen LogP contribution in [0.15, 0.2) is 29.2 Å². The van der Waals surface area contributed by atoms with Crippen molar-refractivity contribution in [3.05, 3.63) is 24.3 Å². The highest BCUT2D eigenvalue weighted by molar-refractivity contribution is 7.90. The predicted molar refractivity (Wildman–Crippen MR) is 71.5 cm³/mol. The summed E-state index contributed by atoms with van der Waals surface area (Å²) in [6, 6.07) is 6.80. The van der Waals surface area contributed by atoms with Crippen LogP contribution in [0.5, 0.6) is 0 Å². The van der Waals surface area contributed by atoms with Gasteiger partial charge in [0.05, 0.1) is 16.2 Å². The summed E-state index contributed by atoms with van der Waals surface area (Å²) in [5.41, 5.74) is -0.120. The van der Waals surface area contributed by atoms with Crippen molar-refractivity contribution in [2.45, 2.75) is 36.2 Å². The first-order chi connectivity index (χ1) is 8.41. The Morgan fingerprint density at radius 2 is 1.89 bits per heavy atom. The average molecular weight is 269 g/mol. The van der Waals surface area contributed by atoms with Crippen molar-refractivity contribution in [2.24, 2.45) is 0 Å². The highest BCUT2D eigenvalue weighted by Gasteiger charge is 2.31. The van der Waals surface area contributed by atoms with Crippen molar-refractivity contribution < 1.29 is 13.5 Å². The van der Waals surface area contributed by atoms with E-state index in [1.54, 1.807) is 24.3 Å². The molecule has 1 aromatic rings. The minimum Gasteiger partial charge on any atom is -0.388 e. The fourth-order valence-electron chi connectivity index (χ4n) is 2.41. The number of nitrogens with one attached hydrogen (secondary N) is 1. The van der Waals surface area contributed by atoms with E-state index in [2.05, 4.69) is 5.32 Å². The normalized spacial score (nSPS) is 18.8. The third kappa shape index (κ3) is 3.03. The van der Waals surface area contributed by atoms with Gasteiger partial charge in [-0.25, -0.2) is 8.42 Å². The fourth-order valence-corrected chi connectivity index (χ4v) is 3.27. The Balaban J connectivity index is 2.15. The molecule has 2 rings (SSSR count). The minimum absolute atomic E-state index is 0.284. The molecule has 1 fully saturated rings. The van der Waals surface area contributed by atoms with E-state index in [1.165, 1.54) is 6.26 Å². The molecule has 0 amide bonds. The molecule has 5 heteroatoms. The van der Waals surface area contributed by atoms with Crippen LogP contribution in [0.25, 0.3) is 0 Å². The molecular formula is C13H19NO3S. The first kappa shape index (κ1) is 13.4. The zero-order chi connectivity index (χ0) is 13.2. The summed E-state index contributed by atoms with van der Waals surface area (Å²) in [4.78, 5) is 0.284. The lowest BCUT2D eigenvalue weighted by Crippen LogP contribution is -2.33. The molecule has 0 aliphatic heterocycles. The third-order valence-corrected chi connectivity index (χ3v) is 4.58. The largest absolute Gasteiger partial charge is 0.388 e. The molecule has 18 heavy (non-hydrogen) atoms. The molecule has 100 valence electrons. The van der Waals surface area contributed by atoms with Crippen LogP contribution in [0.3, 0.4) is 0 Å². The van der Waals surface area contributed by atoms with Crippen molar-refractivity contribution >= 4 is 15.5 Å².